The monoisotopic (exact) mass is 239 g/mol. The van der Waals surface area contributed by atoms with Crippen LogP contribution in [0.3, 0.4) is 0 Å². The predicted molar refractivity (Wildman–Crippen MR) is 68.9 cm³/mol. The summed E-state index contributed by atoms with van der Waals surface area (Å²) in [5.41, 5.74) is 0. The zero-order chi connectivity index (χ0) is 12.4. The number of rotatable bonds is 2. The number of nitrogens with one attached hydrogen (secondary N) is 1. The smallest absolute Gasteiger partial charge is 0.239 e. The van der Waals surface area contributed by atoms with Gasteiger partial charge in [0.15, 0.2) is 0 Å². The zero-order valence-electron chi connectivity index (χ0n) is 11.3. The van der Waals surface area contributed by atoms with Crippen molar-refractivity contribution < 1.29 is 4.79 Å². The molecule has 0 aliphatic carbocycles. The fourth-order valence-electron chi connectivity index (χ4n) is 2.80. The lowest BCUT2D eigenvalue weighted by atomic mass is 10.1. The summed E-state index contributed by atoms with van der Waals surface area (Å²) in [6.45, 7) is 7.13. The minimum Gasteiger partial charge on any atom is -0.339 e. The van der Waals surface area contributed by atoms with E-state index >= 15 is 0 Å². The number of hydrogen-bond acceptors (Lipinski definition) is 3. The Kier molecular flexibility index (Phi) is 4.05. The molecule has 1 N–H and O–H groups in total. The van der Waals surface area contributed by atoms with E-state index in [2.05, 4.69) is 31.1 Å². The number of amides is 1. The third kappa shape index (κ3) is 2.80. The van der Waals surface area contributed by atoms with Crippen molar-refractivity contribution in [2.45, 2.75) is 51.2 Å². The summed E-state index contributed by atoms with van der Waals surface area (Å²) >= 11 is 0. The maximum atomic E-state index is 12.4. The van der Waals surface area contributed by atoms with Crippen molar-refractivity contribution in [2.24, 2.45) is 0 Å². The van der Waals surface area contributed by atoms with Crippen LogP contribution < -0.4 is 5.32 Å². The van der Waals surface area contributed by atoms with Gasteiger partial charge in [-0.1, -0.05) is 6.92 Å². The van der Waals surface area contributed by atoms with Crippen molar-refractivity contribution >= 4 is 5.91 Å². The number of hydrogen-bond donors (Lipinski definition) is 1. The molecule has 0 saturated carbocycles. The van der Waals surface area contributed by atoms with Gasteiger partial charge in [0.1, 0.15) is 0 Å². The Labute approximate surface area is 104 Å². The van der Waals surface area contributed by atoms with Crippen LogP contribution in [0, 0.1) is 0 Å². The molecule has 2 rings (SSSR count). The summed E-state index contributed by atoms with van der Waals surface area (Å²) < 4.78 is 0. The van der Waals surface area contributed by atoms with E-state index in [0.717, 1.165) is 38.9 Å². The van der Waals surface area contributed by atoms with Crippen LogP contribution in [0.1, 0.15) is 33.1 Å². The summed E-state index contributed by atoms with van der Waals surface area (Å²) in [6, 6.07) is 1.11. The van der Waals surface area contributed by atoms with Crippen LogP contribution in [-0.2, 0) is 4.79 Å². The first-order valence-corrected chi connectivity index (χ1v) is 6.87. The highest BCUT2D eigenvalue weighted by molar-refractivity contribution is 5.82. The number of nitrogens with zero attached hydrogens (tertiary/aromatic N) is 2. The lowest BCUT2D eigenvalue weighted by molar-refractivity contribution is -0.135. The van der Waals surface area contributed by atoms with E-state index in [0.29, 0.717) is 18.0 Å². The lowest BCUT2D eigenvalue weighted by Gasteiger charge is -2.38. The normalized spacial score (nSPS) is 35.2. The molecule has 0 radical (unpaired) electrons. The molecule has 0 aromatic carbocycles. The van der Waals surface area contributed by atoms with Crippen LogP contribution >= 0.6 is 0 Å². The Balaban J connectivity index is 1.88. The molecular formula is C13H25N3O. The zero-order valence-corrected chi connectivity index (χ0v) is 11.3. The van der Waals surface area contributed by atoms with Gasteiger partial charge in [0.05, 0.1) is 6.04 Å². The molecule has 0 bridgehead atoms. The summed E-state index contributed by atoms with van der Waals surface area (Å²) in [5, 5.41) is 3.46. The minimum absolute atomic E-state index is 0.0792. The molecule has 4 nitrogen and oxygen atoms in total. The second-order valence-corrected chi connectivity index (χ2v) is 5.52. The molecule has 2 aliphatic rings. The summed E-state index contributed by atoms with van der Waals surface area (Å²) in [6.07, 6.45) is 3.29. The first kappa shape index (κ1) is 12.8. The van der Waals surface area contributed by atoms with Gasteiger partial charge in [-0.25, -0.2) is 0 Å². The van der Waals surface area contributed by atoms with E-state index in [1.165, 1.54) is 0 Å². The van der Waals surface area contributed by atoms with Gasteiger partial charge in [0.25, 0.3) is 0 Å². The lowest BCUT2D eigenvalue weighted by Crippen LogP contribution is -2.55. The van der Waals surface area contributed by atoms with Crippen LogP contribution in [0.15, 0.2) is 0 Å². The van der Waals surface area contributed by atoms with Gasteiger partial charge in [0, 0.05) is 31.7 Å². The molecule has 2 aliphatic heterocycles. The van der Waals surface area contributed by atoms with E-state index in [4.69, 9.17) is 0 Å². The number of carbonyl (C=O) groups is 1. The number of piperazine rings is 1. The Bertz CT molecular complexity index is 282. The van der Waals surface area contributed by atoms with E-state index in [-0.39, 0.29) is 6.04 Å². The molecule has 2 saturated heterocycles. The average Bonchev–Trinajstić information content (AvgIpc) is 2.80. The standard InChI is InChI=1S/C13H25N3O/c1-4-11-5-6-12(14-11)13(17)16-8-7-15(3)10(2)9-16/h10-12,14H,4-9H2,1-3H3/t10-,11+,12-/m1/s1. The molecule has 98 valence electrons. The van der Waals surface area contributed by atoms with Gasteiger partial charge < -0.3 is 15.1 Å². The highest BCUT2D eigenvalue weighted by Crippen LogP contribution is 2.18. The van der Waals surface area contributed by atoms with Gasteiger partial charge >= 0.3 is 0 Å². The van der Waals surface area contributed by atoms with Gasteiger partial charge in [-0.05, 0) is 33.2 Å². The Morgan fingerprint density at radius 2 is 2.12 bits per heavy atom. The van der Waals surface area contributed by atoms with Gasteiger partial charge in [0.2, 0.25) is 5.91 Å². The van der Waals surface area contributed by atoms with Crippen molar-refractivity contribution in [3.05, 3.63) is 0 Å². The highest BCUT2D eigenvalue weighted by atomic mass is 16.2. The van der Waals surface area contributed by atoms with Gasteiger partial charge in [-0.3, -0.25) is 4.79 Å². The van der Waals surface area contributed by atoms with Crippen LogP contribution in [-0.4, -0.2) is 60.5 Å². The largest absolute Gasteiger partial charge is 0.339 e. The van der Waals surface area contributed by atoms with Crippen molar-refractivity contribution in [1.29, 1.82) is 0 Å². The second kappa shape index (κ2) is 5.36. The first-order valence-electron chi connectivity index (χ1n) is 6.87. The summed E-state index contributed by atoms with van der Waals surface area (Å²) in [5.74, 6) is 0.320. The van der Waals surface area contributed by atoms with Crippen LogP contribution in [0.5, 0.6) is 0 Å². The molecule has 0 aromatic rings. The van der Waals surface area contributed by atoms with E-state index < -0.39 is 0 Å². The molecule has 4 heteroatoms. The maximum absolute atomic E-state index is 12.4. The maximum Gasteiger partial charge on any atom is 0.239 e. The van der Waals surface area contributed by atoms with Gasteiger partial charge in [-0.15, -0.1) is 0 Å². The number of likely N-dealkylation sites (N-methyl/N-ethyl adjacent to an activating group) is 1. The predicted octanol–water partition coefficient (Wildman–Crippen LogP) is 0.680. The molecule has 2 heterocycles. The van der Waals surface area contributed by atoms with E-state index in [9.17, 15) is 4.79 Å². The second-order valence-electron chi connectivity index (χ2n) is 5.52. The third-order valence-electron chi connectivity index (χ3n) is 4.30. The van der Waals surface area contributed by atoms with E-state index in [1.807, 2.05) is 4.90 Å². The average molecular weight is 239 g/mol. The Hall–Kier alpha value is -0.610. The summed E-state index contributed by atoms with van der Waals surface area (Å²) in [7, 11) is 2.13. The first-order chi connectivity index (χ1) is 8.11. The van der Waals surface area contributed by atoms with Crippen molar-refractivity contribution in [2.75, 3.05) is 26.7 Å². The quantitative estimate of drug-likeness (QED) is 0.770. The highest BCUT2D eigenvalue weighted by Gasteiger charge is 2.33. The molecular weight excluding hydrogens is 214 g/mol. The molecule has 3 atom stereocenters. The fourth-order valence-corrected chi connectivity index (χ4v) is 2.80. The van der Waals surface area contributed by atoms with Crippen LogP contribution in [0.4, 0.5) is 0 Å². The molecule has 2 fully saturated rings. The molecule has 0 unspecified atom stereocenters. The van der Waals surface area contributed by atoms with Crippen LogP contribution in [0.25, 0.3) is 0 Å². The van der Waals surface area contributed by atoms with Gasteiger partial charge in [-0.2, -0.15) is 0 Å². The molecule has 0 aromatic heterocycles. The fraction of sp³-hybridized carbons (Fsp3) is 0.923. The van der Waals surface area contributed by atoms with Crippen molar-refractivity contribution in [1.82, 2.24) is 15.1 Å². The Morgan fingerprint density at radius 1 is 1.35 bits per heavy atom. The summed E-state index contributed by atoms with van der Waals surface area (Å²) in [4.78, 5) is 16.7. The SMILES string of the molecule is CC[C@H]1CC[C@H](C(=O)N2CCN(C)[C@H](C)C2)N1. The van der Waals surface area contributed by atoms with E-state index in [1.54, 1.807) is 0 Å². The number of carbonyl (C=O) groups excluding carboxylic acids is 1. The van der Waals surface area contributed by atoms with Crippen molar-refractivity contribution in [3.63, 3.8) is 0 Å². The Morgan fingerprint density at radius 3 is 2.71 bits per heavy atom. The minimum atomic E-state index is 0.0792. The third-order valence-corrected chi connectivity index (χ3v) is 4.30. The molecule has 17 heavy (non-hydrogen) atoms. The van der Waals surface area contributed by atoms with Crippen molar-refractivity contribution in [3.8, 4) is 0 Å². The topological polar surface area (TPSA) is 35.6 Å². The molecule has 1 amide bonds. The molecule has 0 spiro atoms. The van der Waals surface area contributed by atoms with Crippen LogP contribution in [0.2, 0.25) is 0 Å².